The van der Waals surface area contributed by atoms with Crippen LogP contribution in [0.1, 0.15) is 23.7 Å². The number of carboxylic acids is 1. The fraction of sp³-hybridized carbons (Fsp3) is 0.333. The second-order valence-electron chi connectivity index (χ2n) is 3.46. The molecule has 0 amide bonds. The number of rotatable bonds is 6. The summed E-state index contributed by atoms with van der Waals surface area (Å²) in [5.41, 5.74) is 0.0311. The standard InChI is InChI=1S/C12H13ClO4S/c1-2-5-17-11(14)7-18-8-3-4-10(13)9(6-8)12(15)16/h3-4,6H,2,5,7H2,1H3,(H,15,16). The minimum Gasteiger partial charge on any atom is -0.478 e. The first-order valence-electron chi connectivity index (χ1n) is 5.36. The van der Waals surface area contributed by atoms with Crippen molar-refractivity contribution in [1.82, 2.24) is 0 Å². The van der Waals surface area contributed by atoms with Crippen molar-refractivity contribution in [3.63, 3.8) is 0 Å². The molecule has 0 saturated heterocycles. The monoisotopic (exact) mass is 288 g/mol. The summed E-state index contributed by atoms with van der Waals surface area (Å²) in [5.74, 6) is -1.24. The lowest BCUT2D eigenvalue weighted by atomic mass is 10.2. The first-order valence-corrected chi connectivity index (χ1v) is 6.72. The Hall–Kier alpha value is -1.20. The van der Waals surface area contributed by atoms with Crippen molar-refractivity contribution < 1.29 is 19.4 Å². The molecule has 0 unspecified atom stereocenters. The molecule has 0 fully saturated rings. The van der Waals surface area contributed by atoms with Crippen molar-refractivity contribution in [3.05, 3.63) is 28.8 Å². The highest BCUT2D eigenvalue weighted by molar-refractivity contribution is 8.00. The van der Waals surface area contributed by atoms with E-state index in [0.29, 0.717) is 11.5 Å². The van der Waals surface area contributed by atoms with Gasteiger partial charge in [0, 0.05) is 4.90 Å². The van der Waals surface area contributed by atoms with Crippen LogP contribution in [0.2, 0.25) is 5.02 Å². The lowest BCUT2D eigenvalue weighted by Gasteiger charge is -2.05. The molecule has 0 saturated carbocycles. The number of thioether (sulfide) groups is 1. The van der Waals surface area contributed by atoms with Crippen molar-refractivity contribution in [1.29, 1.82) is 0 Å². The maximum atomic E-state index is 11.3. The Morgan fingerprint density at radius 3 is 2.78 bits per heavy atom. The van der Waals surface area contributed by atoms with Gasteiger partial charge in [0.2, 0.25) is 0 Å². The van der Waals surface area contributed by atoms with Crippen LogP contribution in [0.3, 0.4) is 0 Å². The van der Waals surface area contributed by atoms with Crippen molar-refractivity contribution in [3.8, 4) is 0 Å². The summed E-state index contributed by atoms with van der Waals surface area (Å²) in [5, 5.41) is 9.08. The van der Waals surface area contributed by atoms with Gasteiger partial charge in [-0.05, 0) is 24.6 Å². The van der Waals surface area contributed by atoms with Crippen molar-refractivity contribution in [2.75, 3.05) is 12.4 Å². The van der Waals surface area contributed by atoms with Crippen LogP contribution < -0.4 is 0 Å². The number of hydrogen-bond donors (Lipinski definition) is 1. The smallest absolute Gasteiger partial charge is 0.337 e. The highest BCUT2D eigenvalue weighted by Gasteiger charge is 2.10. The van der Waals surface area contributed by atoms with Crippen LogP contribution in [-0.4, -0.2) is 29.4 Å². The van der Waals surface area contributed by atoms with Gasteiger partial charge < -0.3 is 9.84 Å². The number of carboxylic acid groups (broad SMARTS) is 1. The maximum absolute atomic E-state index is 11.3. The predicted molar refractivity (Wildman–Crippen MR) is 70.4 cm³/mol. The zero-order valence-corrected chi connectivity index (χ0v) is 11.4. The third kappa shape index (κ3) is 4.58. The minimum atomic E-state index is -1.09. The van der Waals surface area contributed by atoms with Gasteiger partial charge in [-0.15, -0.1) is 11.8 Å². The highest BCUT2D eigenvalue weighted by Crippen LogP contribution is 2.24. The maximum Gasteiger partial charge on any atom is 0.337 e. The average molecular weight is 289 g/mol. The zero-order chi connectivity index (χ0) is 13.5. The Balaban J connectivity index is 2.60. The zero-order valence-electron chi connectivity index (χ0n) is 9.81. The topological polar surface area (TPSA) is 63.6 Å². The van der Waals surface area contributed by atoms with Crippen LogP contribution in [0.4, 0.5) is 0 Å². The van der Waals surface area contributed by atoms with Crippen molar-refractivity contribution in [2.45, 2.75) is 18.2 Å². The predicted octanol–water partition coefficient (Wildman–Crippen LogP) is 3.08. The summed E-state index contributed by atoms with van der Waals surface area (Å²) in [7, 11) is 0. The van der Waals surface area contributed by atoms with Crippen LogP contribution in [-0.2, 0) is 9.53 Å². The normalized spacial score (nSPS) is 10.1. The first-order chi connectivity index (χ1) is 8.54. The number of carbonyl (C=O) groups excluding carboxylic acids is 1. The Kier molecular flexibility index (Phi) is 6.01. The Morgan fingerprint density at radius 2 is 2.17 bits per heavy atom. The molecule has 1 N–H and O–H groups in total. The lowest BCUT2D eigenvalue weighted by Crippen LogP contribution is -2.07. The lowest BCUT2D eigenvalue weighted by molar-refractivity contribution is -0.140. The average Bonchev–Trinajstić information content (AvgIpc) is 2.35. The number of hydrogen-bond acceptors (Lipinski definition) is 4. The van der Waals surface area contributed by atoms with E-state index in [-0.39, 0.29) is 22.3 Å². The van der Waals surface area contributed by atoms with Crippen LogP contribution in [0.15, 0.2) is 23.1 Å². The molecule has 4 nitrogen and oxygen atoms in total. The molecule has 0 aliphatic heterocycles. The van der Waals surface area contributed by atoms with Gasteiger partial charge in [0.25, 0.3) is 0 Å². The number of esters is 1. The quantitative estimate of drug-likeness (QED) is 0.644. The van der Waals surface area contributed by atoms with Crippen molar-refractivity contribution in [2.24, 2.45) is 0 Å². The third-order valence-corrected chi connectivity index (χ3v) is 3.29. The highest BCUT2D eigenvalue weighted by atomic mass is 35.5. The molecule has 1 aromatic rings. The van der Waals surface area contributed by atoms with E-state index in [2.05, 4.69) is 0 Å². The van der Waals surface area contributed by atoms with E-state index >= 15 is 0 Å². The van der Waals surface area contributed by atoms with Gasteiger partial charge in [-0.25, -0.2) is 4.79 Å². The Labute approximate surface area is 114 Å². The Morgan fingerprint density at radius 1 is 1.44 bits per heavy atom. The number of carbonyl (C=O) groups is 2. The molecule has 1 aromatic carbocycles. The molecule has 0 atom stereocenters. The molecule has 0 bridgehead atoms. The number of halogens is 1. The fourth-order valence-electron chi connectivity index (χ4n) is 1.16. The molecule has 18 heavy (non-hydrogen) atoms. The van der Waals surface area contributed by atoms with Gasteiger partial charge in [-0.2, -0.15) is 0 Å². The van der Waals surface area contributed by atoms with Crippen LogP contribution in [0, 0.1) is 0 Å². The Bertz CT molecular complexity index is 448. The van der Waals surface area contributed by atoms with Gasteiger partial charge in [-0.3, -0.25) is 4.79 Å². The molecule has 0 aliphatic rings. The van der Waals surface area contributed by atoms with Crippen LogP contribution in [0.5, 0.6) is 0 Å². The summed E-state index contributed by atoms with van der Waals surface area (Å²) in [4.78, 5) is 22.8. The van der Waals surface area contributed by atoms with Crippen molar-refractivity contribution >= 4 is 35.3 Å². The van der Waals surface area contributed by atoms with E-state index in [0.717, 1.165) is 6.42 Å². The van der Waals surface area contributed by atoms with E-state index < -0.39 is 5.97 Å². The van der Waals surface area contributed by atoms with Gasteiger partial charge in [0.05, 0.1) is 22.9 Å². The minimum absolute atomic E-state index is 0.0311. The second-order valence-corrected chi connectivity index (χ2v) is 4.91. The van der Waals surface area contributed by atoms with Crippen LogP contribution in [0.25, 0.3) is 0 Å². The van der Waals surface area contributed by atoms with Gasteiger partial charge in [-0.1, -0.05) is 18.5 Å². The summed E-state index contributed by atoms with van der Waals surface area (Å²) in [6.07, 6.45) is 0.778. The number of aromatic carboxylic acids is 1. The summed E-state index contributed by atoms with van der Waals surface area (Å²) in [6, 6.07) is 4.62. The van der Waals surface area contributed by atoms with Gasteiger partial charge in [0.1, 0.15) is 0 Å². The van der Waals surface area contributed by atoms with E-state index in [1.54, 1.807) is 6.07 Å². The molecular formula is C12H13ClO4S. The van der Waals surface area contributed by atoms with E-state index in [4.69, 9.17) is 21.4 Å². The van der Waals surface area contributed by atoms with Gasteiger partial charge in [0.15, 0.2) is 0 Å². The second kappa shape index (κ2) is 7.28. The molecule has 6 heteroatoms. The SMILES string of the molecule is CCCOC(=O)CSc1ccc(Cl)c(C(=O)O)c1. The molecule has 0 radical (unpaired) electrons. The number of benzene rings is 1. The van der Waals surface area contributed by atoms with E-state index in [9.17, 15) is 9.59 Å². The molecule has 0 aliphatic carbocycles. The largest absolute Gasteiger partial charge is 0.478 e. The first kappa shape index (κ1) is 14.9. The third-order valence-electron chi connectivity index (χ3n) is 1.99. The van der Waals surface area contributed by atoms with Gasteiger partial charge >= 0.3 is 11.9 Å². The van der Waals surface area contributed by atoms with E-state index in [1.807, 2.05) is 6.92 Å². The fourth-order valence-corrected chi connectivity index (χ4v) is 2.09. The molecule has 0 heterocycles. The molecule has 98 valence electrons. The molecule has 0 aromatic heterocycles. The summed E-state index contributed by atoms with van der Waals surface area (Å²) < 4.78 is 4.91. The molecule has 1 rings (SSSR count). The summed E-state index contributed by atoms with van der Waals surface area (Å²) in [6.45, 7) is 2.32. The molecule has 0 spiro atoms. The summed E-state index contributed by atoms with van der Waals surface area (Å²) >= 11 is 6.96. The number of ether oxygens (including phenoxy) is 1. The van der Waals surface area contributed by atoms with Crippen LogP contribution >= 0.6 is 23.4 Å². The van der Waals surface area contributed by atoms with E-state index in [1.165, 1.54) is 23.9 Å². The molecular weight excluding hydrogens is 276 g/mol.